The summed E-state index contributed by atoms with van der Waals surface area (Å²) < 4.78 is 0. The molecule has 1 N–H and O–H groups in total. The Morgan fingerprint density at radius 3 is 2.50 bits per heavy atom. The third-order valence-corrected chi connectivity index (χ3v) is 4.00. The van der Waals surface area contributed by atoms with Gasteiger partial charge in [-0.05, 0) is 37.8 Å². The van der Waals surface area contributed by atoms with E-state index in [1.807, 2.05) is 32.0 Å². The van der Waals surface area contributed by atoms with Crippen LogP contribution >= 0.6 is 27.5 Å². The zero-order valence-electron chi connectivity index (χ0n) is 10.8. The molecule has 2 nitrogen and oxygen atoms in total. The zero-order chi connectivity index (χ0) is 13.5. The summed E-state index contributed by atoms with van der Waals surface area (Å²) in [5, 5.41) is 2.99. The van der Waals surface area contributed by atoms with Crippen LogP contribution in [-0.2, 0) is 4.79 Å². The van der Waals surface area contributed by atoms with E-state index >= 15 is 0 Å². The number of unbranched alkanes of at least 4 members (excludes halogenated alkanes) is 1. The first-order valence-electron chi connectivity index (χ1n) is 6.13. The lowest BCUT2D eigenvalue weighted by molar-refractivity contribution is -0.115. The van der Waals surface area contributed by atoms with E-state index in [0.29, 0.717) is 5.88 Å². The van der Waals surface area contributed by atoms with Gasteiger partial charge in [-0.25, -0.2) is 0 Å². The smallest absolute Gasteiger partial charge is 0.238 e. The largest absolute Gasteiger partial charge is 0.325 e. The maximum Gasteiger partial charge on any atom is 0.238 e. The van der Waals surface area contributed by atoms with Gasteiger partial charge in [0.1, 0.15) is 0 Å². The molecule has 4 heteroatoms. The number of hydrogen-bond acceptors (Lipinski definition) is 1. The van der Waals surface area contributed by atoms with Crippen molar-refractivity contribution in [2.45, 2.75) is 37.9 Å². The zero-order valence-corrected chi connectivity index (χ0v) is 13.1. The average Bonchev–Trinajstić information content (AvgIpc) is 2.34. The minimum atomic E-state index is -0.153. The molecule has 1 aromatic rings. The number of nitrogens with one attached hydrogen (secondary N) is 1. The van der Waals surface area contributed by atoms with E-state index in [9.17, 15) is 4.79 Å². The lowest BCUT2D eigenvalue weighted by Crippen LogP contribution is -2.23. The fourth-order valence-electron chi connectivity index (χ4n) is 1.76. The highest BCUT2D eigenvalue weighted by molar-refractivity contribution is 9.10. The summed E-state index contributed by atoms with van der Waals surface area (Å²) in [5.41, 5.74) is 3.09. The molecule has 0 aliphatic heterocycles. The Morgan fingerprint density at radius 1 is 1.33 bits per heavy atom. The third kappa shape index (κ3) is 4.62. The van der Waals surface area contributed by atoms with Crippen molar-refractivity contribution in [3.05, 3.63) is 29.3 Å². The molecule has 0 spiro atoms. The van der Waals surface area contributed by atoms with E-state index in [1.54, 1.807) is 0 Å². The monoisotopic (exact) mass is 331 g/mol. The summed E-state index contributed by atoms with van der Waals surface area (Å²) in [4.78, 5) is 11.9. The minimum Gasteiger partial charge on any atom is -0.325 e. The summed E-state index contributed by atoms with van der Waals surface area (Å²) in [6.07, 6.45) is 2.71. The Labute approximate surface area is 122 Å². The van der Waals surface area contributed by atoms with Crippen molar-refractivity contribution in [2.75, 3.05) is 11.2 Å². The van der Waals surface area contributed by atoms with Crippen molar-refractivity contribution in [3.8, 4) is 0 Å². The first-order valence-corrected chi connectivity index (χ1v) is 7.58. The molecule has 1 atom stereocenters. The van der Waals surface area contributed by atoms with Crippen LogP contribution in [0.2, 0.25) is 0 Å². The third-order valence-electron chi connectivity index (χ3n) is 2.86. The molecule has 0 aromatic heterocycles. The van der Waals surface area contributed by atoms with Gasteiger partial charge >= 0.3 is 0 Å². The quantitative estimate of drug-likeness (QED) is 0.606. The molecule has 1 aromatic carbocycles. The highest BCUT2D eigenvalue weighted by Crippen LogP contribution is 2.21. The van der Waals surface area contributed by atoms with Crippen LogP contribution in [0.15, 0.2) is 18.2 Å². The van der Waals surface area contributed by atoms with Crippen molar-refractivity contribution in [2.24, 2.45) is 0 Å². The van der Waals surface area contributed by atoms with E-state index < -0.39 is 0 Å². The average molecular weight is 333 g/mol. The minimum absolute atomic E-state index is 0.0157. The molecule has 0 fully saturated rings. The van der Waals surface area contributed by atoms with Gasteiger partial charge in [-0.3, -0.25) is 4.79 Å². The molecule has 100 valence electrons. The molecule has 0 saturated heterocycles. The van der Waals surface area contributed by atoms with E-state index in [4.69, 9.17) is 11.6 Å². The fraction of sp³-hybridized carbons (Fsp3) is 0.500. The summed E-state index contributed by atoms with van der Waals surface area (Å²) in [6.45, 7) is 4.00. The maximum atomic E-state index is 12.0. The summed E-state index contributed by atoms with van der Waals surface area (Å²) in [5.74, 6) is 0.667. The molecule has 0 saturated carbocycles. The summed E-state index contributed by atoms with van der Waals surface area (Å²) in [7, 11) is 0. The molecule has 1 rings (SSSR count). The van der Waals surface area contributed by atoms with Gasteiger partial charge in [0, 0.05) is 11.6 Å². The summed E-state index contributed by atoms with van der Waals surface area (Å²) in [6, 6.07) is 5.99. The Hall–Kier alpha value is -0.540. The number of halogens is 2. The number of para-hydroxylation sites is 1. The topological polar surface area (TPSA) is 29.1 Å². The second-order valence-electron chi connectivity index (χ2n) is 4.41. The predicted octanol–water partition coefficient (Wildman–Crippen LogP) is 4.41. The van der Waals surface area contributed by atoms with Gasteiger partial charge in [0.25, 0.3) is 0 Å². The second kappa shape index (κ2) is 7.80. The van der Waals surface area contributed by atoms with Crippen LogP contribution in [-0.4, -0.2) is 16.6 Å². The first kappa shape index (κ1) is 15.5. The molecule has 1 unspecified atom stereocenters. The molecule has 18 heavy (non-hydrogen) atoms. The molecule has 1 amide bonds. The van der Waals surface area contributed by atoms with E-state index in [2.05, 4.69) is 21.2 Å². The Bertz CT molecular complexity index is 389. The van der Waals surface area contributed by atoms with Gasteiger partial charge in [0.05, 0.1) is 4.83 Å². The predicted molar refractivity (Wildman–Crippen MR) is 81.8 cm³/mol. The van der Waals surface area contributed by atoms with Crippen molar-refractivity contribution < 1.29 is 4.79 Å². The molecule has 0 heterocycles. The van der Waals surface area contributed by atoms with Gasteiger partial charge in [0.2, 0.25) is 5.91 Å². The van der Waals surface area contributed by atoms with Crippen LogP contribution in [0, 0.1) is 13.8 Å². The van der Waals surface area contributed by atoms with Crippen LogP contribution in [0.5, 0.6) is 0 Å². The number of rotatable bonds is 6. The van der Waals surface area contributed by atoms with E-state index in [1.165, 1.54) is 0 Å². The lowest BCUT2D eigenvalue weighted by Gasteiger charge is -2.14. The van der Waals surface area contributed by atoms with E-state index in [-0.39, 0.29) is 10.7 Å². The molecule has 0 radical (unpaired) electrons. The molecule has 0 aliphatic carbocycles. The van der Waals surface area contributed by atoms with Crippen LogP contribution in [0.3, 0.4) is 0 Å². The summed E-state index contributed by atoms with van der Waals surface area (Å²) >= 11 is 9.04. The fourth-order valence-corrected chi connectivity index (χ4v) is 2.39. The van der Waals surface area contributed by atoms with Crippen LogP contribution in [0.4, 0.5) is 5.69 Å². The molecule has 0 aliphatic rings. The van der Waals surface area contributed by atoms with Crippen molar-refractivity contribution in [1.82, 2.24) is 0 Å². The van der Waals surface area contributed by atoms with Gasteiger partial charge in [-0.15, -0.1) is 11.6 Å². The van der Waals surface area contributed by atoms with Crippen LogP contribution in [0.25, 0.3) is 0 Å². The number of alkyl halides is 2. The number of benzene rings is 1. The van der Waals surface area contributed by atoms with Crippen LogP contribution in [0.1, 0.15) is 30.4 Å². The van der Waals surface area contributed by atoms with Gasteiger partial charge < -0.3 is 5.32 Å². The number of amides is 1. The Morgan fingerprint density at radius 2 is 1.94 bits per heavy atom. The van der Waals surface area contributed by atoms with Crippen molar-refractivity contribution in [3.63, 3.8) is 0 Å². The number of carbonyl (C=O) groups is 1. The van der Waals surface area contributed by atoms with Gasteiger partial charge in [-0.1, -0.05) is 40.5 Å². The number of carbonyl (C=O) groups excluding carboxylic acids is 1. The molecular formula is C14H19BrClNO. The molecule has 0 bridgehead atoms. The number of hydrogen-bond donors (Lipinski definition) is 1. The Balaban J connectivity index is 2.58. The van der Waals surface area contributed by atoms with Crippen LogP contribution < -0.4 is 5.32 Å². The van der Waals surface area contributed by atoms with Crippen molar-refractivity contribution in [1.29, 1.82) is 0 Å². The van der Waals surface area contributed by atoms with Gasteiger partial charge in [0.15, 0.2) is 0 Å². The second-order valence-corrected chi connectivity index (χ2v) is 5.89. The highest BCUT2D eigenvalue weighted by atomic mass is 79.9. The number of aryl methyl sites for hydroxylation is 2. The standard InChI is InChI=1S/C14H19BrClNO/c1-10-6-5-7-11(2)13(10)17-14(18)12(15)8-3-4-9-16/h5-7,12H,3-4,8-9H2,1-2H3,(H,17,18). The maximum absolute atomic E-state index is 12.0. The SMILES string of the molecule is Cc1cccc(C)c1NC(=O)C(Br)CCCCCl. The first-order chi connectivity index (χ1) is 8.56. The highest BCUT2D eigenvalue weighted by Gasteiger charge is 2.15. The van der Waals surface area contributed by atoms with Crippen molar-refractivity contribution >= 4 is 39.1 Å². The normalized spacial score (nSPS) is 12.2. The lowest BCUT2D eigenvalue weighted by atomic mass is 10.1. The number of anilines is 1. The Kier molecular flexibility index (Phi) is 6.72. The molecular weight excluding hydrogens is 314 g/mol. The van der Waals surface area contributed by atoms with Gasteiger partial charge in [-0.2, -0.15) is 0 Å². The van der Waals surface area contributed by atoms with E-state index in [0.717, 1.165) is 36.1 Å².